The van der Waals surface area contributed by atoms with Crippen LogP contribution in [0, 0.1) is 6.92 Å². The van der Waals surface area contributed by atoms with Gasteiger partial charge in [-0.2, -0.15) is 0 Å². The van der Waals surface area contributed by atoms with Crippen molar-refractivity contribution in [2.45, 2.75) is 31.3 Å². The summed E-state index contributed by atoms with van der Waals surface area (Å²) in [6.45, 7) is 5.00. The van der Waals surface area contributed by atoms with Gasteiger partial charge in [0.1, 0.15) is 0 Å². The molecule has 1 unspecified atom stereocenters. The average molecular weight is 350 g/mol. The lowest BCUT2D eigenvalue weighted by atomic mass is 10.1. The molecule has 4 nitrogen and oxygen atoms in total. The van der Waals surface area contributed by atoms with Crippen molar-refractivity contribution in [3.63, 3.8) is 0 Å². The van der Waals surface area contributed by atoms with Crippen LogP contribution in [0.25, 0.3) is 11.4 Å². The van der Waals surface area contributed by atoms with E-state index in [2.05, 4.69) is 57.7 Å². The zero-order chi connectivity index (χ0) is 17.6. The van der Waals surface area contributed by atoms with Crippen molar-refractivity contribution >= 4 is 11.8 Å². The fraction of sp³-hybridized carbons (Fsp3) is 0.250. The summed E-state index contributed by atoms with van der Waals surface area (Å²) >= 11 is 1.76. The van der Waals surface area contributed by atoms with Gasteiger partial charge in [0.15, 0.2) is 5.82 Å². The molecule has 0 fully saturated rings. The van der Waals surface area contributed by atoms with Crippen LogP contribution in [0.2, 0.25) is 0 Å². The van der Waals surface area contributed by atoms with Crippen LogP contribution in [0.15, 0.2) is 59.9 Å². The highest BCUT2D eigenvalue weighted by atomic mass is 32.2. The van der Waals surface area contributed by atoms with Gasteiger partial charge in [-0.15, -0.1) is 11.8 Å². The lowest BCUT2D eigenvalue weighted by molar-refractivity contribution is 0.567. The number of nitrogens with zero attached hydrogens (tertiary/aromatic N) is 3. The molecular weight excluding hydrogens is 328 g/mol. The third kappa shape index (κ3) is 4.44. The van der Waals surface area contributed by atoms with Gasteiger partial charge in [0, 0.05) is 52.9 Å². The van der Waals surface area contributed by atoms with Gasteiger partial charge in [-0.3, -0.25) is 4.98 Å². The molecule has 2 heterocycles. The molecule has 1 aromatic carbocycles. The van der Waals surface area contributed by atoms with Crippen molar-refractivity contribution in [2.24, 2.45) is 0 Å². The summed E-state index contributed by atoms with van der Waals surface area (Å²) < 4.78 is 0. The molecule has 0 bridgehead atoms. The summed E-state index contributed by atoms with van der Waals surface area (Å²) in [4.78, 5) is 14.5. The minimum atomic E-state index is 0.187. The second-order valence-electron chi connectivity index (χ2n) is 5.92. The van der Waals surface area contributed by atoms with E-state index in [9.17, 15) is 0 Å². The first-order valence-corrected chi connectivity index (χ1v) is 9.50. The maximum Gasteiger partial charge on any atom is 0.159 e. The minimum Gasteiger partial charge on any atom is -0.306 e. The molecule has 128 valence electrons. The molecule has 0 saturated heterocycles. The Kier molecular flexibility index (Phi) is 5.79. The van der Waals surface area contributed by atoms with Crippen LogP contribution in [0.1, 0.15) is 29.8 Å². The Bertz CT molecular complexity index is 819. The molecule has 2 aromatic heterocycles. The maximum absolute atomic E-state index is 4.66. The molecule has 0 aliphatic rings. The van der Waals surface area contributed by atoms with Gasteiger partial charge < -0.3 is 5.32 Å². The standard InChI is InChI=1S/C20H22N4S/c1-14(22-12-16-4-6-18(25-3)7-5-16)19-13-23-20(24-15(19)2)17-8-10-21-11-9-17/h4-11,13-14,22H,12H2,1-3H3. The van der Waals surface area contributed by atoms with Crippen LogP contribution in [0.5, 0.6) is 0 Å². The van der Waals surface area contributed by atoms with E-state index in [1.165, 1.54) is 10.5 Å². The molecule has 0 aliphatic carbocycles. The lowest BCUT2D eigenvalue weighted by Crippen LogP contribution is -2.19. The maximum atomic E-state index is 4.66. The molecule has 3 aromatic rings. The third-order valence-corrected chi connectivity index (χ3v) is 4.94. The van der Waals surface area contributed by atoms with E-state index >= 15 is 0 Å². The number of rotatable bonds is 6. The molecule has 0 aliphatic heterocycles. The summed E-state index contributed by atoms with van der Waals surface area (Å²) in [6, 6.07) is 12.7. The lowest BCUT2D eigenvalue weighted by Gasteiger charge is -2.16. The van der Waals surface area contributed by atoms with Crippen molar-refractivity contribution in [2.75, 3.05) is 6.26 Å². The van der Waals surface area contributed by atoms with Gasteiger partial charge in [-0.25, -0.2) is 9.97 Å². The van der Waals surface area contributed by atoms with Crippen molar-refractivity contribution in [1.29, 1.82) is 0 Å². The van der Waals surface area contributed by atoms with E-state index in [-0.39, 0.29) is 6.04 Å². The predicted octanol–water partition coefficient (Wildman–Crippen LogP) is 4.42. The summed E-state index contributed by atoms with van der Waals surface area (Å²) in [7, 11) is 0. The highest BCUT2D eigenvalue weighted by molar-refractivity contribution is 7.98. The van der Waals surface area contributed by atoms with E-state index in [4.69, 9.17) is 0 Å². The summed E-state index contributed by atoms with van der Waals surface area (Å²) in [5.41, 5.74) is 4.38. The molecule has 1 N–H and O–H groups in total. The van der Waals surface area contributed by atoms with Gasteiger partial charge in [-0.1, -0.05) is 12.1 Å². The molecule has 25 heavy (non-hydrogen) atoms. The van der Waals surface area contributed by atoms with Crippen LogP contribution in [-0.4, -0.2) is 21.2 Å². The Morgan fingerprint density at radius 2 is 1.80 bits per heavy atom. The quantitative estimate of drug-likeness (QED) is 0.667. The van der Waals surface area contributed by atoms with Crippen LogP contribution in [-0.2, 0) is 6.54 Å². The monoisotopic (exact) mass is 350 g/mol. The van der Waals surface area contributed by atoms with Gasteiger partial charge >= 0.3 is 0 Å². The summed E-state index contributed by atoms with van der Waals surface area (Å²) in [6.07, 6.45) is 7.53. The number of nitrogens with one attached hydrogen (secondary N) is 1. The molecule has 0 radical (unpaired) electrons. The zero-order valence-electron chi connectivity index (χ0n) is 14.7. The largest absolute Gasteiger partial charge is 0.306 e. The Hall–Kier alpha value is -2.24. The van der Waals surface area contributed by atoms with Crippen LogP contribution < -0.4 is 5.32 Å². The minimum absolute atomic E-state index is 0.187. The SMILES string of the molecule is CSc1ccc(CNC(C)c2cnc(-c3ccncc3)nc2C)cc1. The van der Waals surface area contributed by atoms with E-state index in [1.807, 2.05) is 25.3 Å². The molecule has 0 amide bonds. The molecule has 1 atom stereocenters. The normalized spacial score (nSPS) is 12.1. The Morgan fingerprint density at radius 1 is 1.08 bits per heavy atom. The third-order valence-electron chi connectivity index (χ3n) is 4.19. The van der Waals surface area contributed by atoms with Crippen molar-refractivity contribution < 1.29 is 0 Å². The van der Waals surface area contributed by atoms with Gasteiger partial charge in [0.25, 0.3) is 0 Å². The summed E-state index contributed by atoms with van der Waals surface area (Å²) in [5.74, 6) is 0.739. The number of benzene rings is 1. The summed E-state index contributed by atoms with van der Waals surface area (Å²) in [5, 5.41) is 3.56. The highest BCUT2D eigenvalue weighted by Crippen LogP contribution is 2.20. The molecule has 3 rings (SSSR count). The van der Waals surface area contributed by atoms with Gasteiger partial charge in [0.2, 0.25) is 0 Å². The Balaban J connectivity index is 1.68. The Labute approximate surface area is 153 Å². The molecule has 0 spiro atoms. The first-order valence-electron chi connectivity index (χ1n) is 8.27. The first kappa shape index (κ1) is 17.6. The second-order valence-corrected chi connectivity index (χ2v) is 6.80. The number of hydrogen-bond acceptors (Lipinski definition) is 5. The van der Waals surface area contributed by atoms with Gasteiger partial charge in [-0.05, 0) is 49.9 Å². The van der Waals surface area contributed by atoms with E-state index < -0.39 is 0 Å². The van der Waals surface area contributed by atoms with E-state index in [0.717, 1.165) is 29.2 Å². The Morgan fingerprint density at radius 3 is 2.44 bits per heavy atom. The van der Waals surface area contributed by atoms with Crippen LogP contribution in [0.3, 0.4) is 0 Å². The van der Waals surface area contributed by atoms with Gasteiger partial charge in [0.05, 0.1) is 0 Å². The smallest absolute Gasteiger partial charge is 0.159 e. The van der Waals surface area contributed by atoms with Crippen LogP contribution >= 0.6 is 11.8 Å². The fourth-order valence-corrected chi connectivity index (χ4v) is 3.07. The second kappa shape index (κ2) is 8.23. The number of pyridine rings is 1. The topological polar surface area (TPSA) is 50.7 Å². The van der Waals surface area contributed by atoms with E-state index in [1.54, 1.807) is 24.2 Å². The van der Waals surface area contributed by atoms with Crippen molar-refractivity contribution in [3.8, 4) is 11.4 Å². The van der Waals surface area contributed by atoms with Crippen molar-refractivity contribution in [3.05, 3.63) is 71.8 Å². The molecular formula is C20H22N4S. The number of thioether (sulfide) groups is 1. The zero-order valence-corrected chi connectivity index (χ0v) is 15.5. The number of hydrogen-bond donors (Lipinski definition) is 1. The van der Waals surface area contributed by atoms with Crippen LogP contribution in [0.4, 0.5) is 0 Å². The fourth-order valence-electron chi connectivity index (χ4n) is 2.67. The number of aryl methyl sites for hydroxylation is 1. The molecule has 0 saturated carbocycles. The predicted molar refractivity (Wildman–Crippen MR) is 103 cm³/mol. The van der Waals surface area contributed by atoms with Crippen molar-refractivity contribution in [1.82, 2.24) is 20.3 Å². The molecule has 5 heteroatoms. The highest BCUT2D eigenvalue weighted by Gasteiger charge is 2.11. The average Bonchev–Trinajstić information content (AvgIpc) is 2.67. The van der Waals surface area contributed by atoms with E-state index in [0.29, 0.717) is 0 Å². The first-order chi connectivity index (χ1) is 12.2. The number of aromatic nitrogens is 3.